The van der Waals surface area contributed by atoms with Crippen LogP contribution in [0.3, 0.4) is 0 Å². The molecule has 5 N–H and O–H groups in total. The van der Waals surface area contributed by atoms with Crippen LogP contribution in [0.25, 0.3) is 0 Å². The molecule has 0 aromatic heterocycles. The van der Waals surface area contributed by atoms with Gasteiger partial charge in [0.15, 0.2) is 0 Å². The minimum atomic E-state index is -2.59. The summed E-state index contributed by atoms with van der Waals surface area (Å²) < 4.78 is 13.5. The summed E-state index contributed by atoms with van der Waals surface area (Å²) in [6.45, 7) is 5.49. The molecular formula is C21H28B5ClFN3O5. The van der Waals surface area contributed by atoms with Gasteiger partial charge in [0.25, 0.3) is 5.91 Å². The molecule has 0 saturated carbocycles. The van der Waals surface area contributed by atoms with E-state index in [-0.39, 0.29) is 43.1 Å². The molecule has 15 heteroatoms. The molecule has 1 fully saturated rings. The summed E-state index contributed by atoms with van der Waals surface area (Å²) in [5.41, 5.74) is -2.17. The van der Waals surface area contributed by atoms with E-state index in [0.29, 0.717) is 0 Å². The third-order valence-corrected chi connectivity index (χ3v) is 6.22. The van der Waals surface area contributed by atoms with Crippen LogP contribution in [-0.4, -0.2) is 108 Å². The number of hydrogen-bond donors (Lipinski definition) is 5. The van der Waals surface area contributed by atoms with Crippen LogP contribution in [0.5, 0.6) is 0 Å². The number of benzene rings is 1. The van der Waals surface area contributed by atoms with E-state index in [4.69, 9.17) is 50.8 Å². The first kappa shape index (κ1) is 32.6. The van der Waals surface area contributed by atoms with Gasteiger partial charge < -0.3 is 26.0 Å². The van der Waals surface area contributed by atoms with E-state index >= 15 is 0 Å². The first-order chi connectivity index (χ1) is 16.4. The van der Waals surface area contributed by atoms with E-state index in [1.807, 2.05) is 13.8 Å². The number of rotatable bonds is 8. The lowest BCUT2D eigenvalue weighted by Crippen LogP contribution is -2.70. The quantitative estimate of drug-likeness (QED) is 0.226. The van der Waals surface area contributed by atoms with Gasteiger partial charge in [-0.25, -0.2) is 4.39 Å². The van der Waals surface area contributed by atoms with Crippen molar-refractivity contribution >= 4 is 62.6 Å². The van der Waals surface area contributed by atoms with Crippen molar-refractivity contribution in [3.63, 3.8) is 0 Å². The van der Waals surface area contributed by atoms with E-state index in [2.05, 4.69) is 10.6 Å². The van der Waals surface area contributed by atoms with Crippen LogP contribution in [0.15, 0.2) is 18.2 Å². The molecule has 8 nitrogen and oxygen atoms in total. The van der Waals surface area contributed by atoms with E-state index in [9.17, 15) is 29.3 Å². The van der Waals surface area contributed by atoms with Crippen molar-refractivity contribution in [1.82, 2.24) is 15.5 Å². The van der Waals surface area contributed by atoms with Crippen molar-refractivity contribution in [2.45, 2.75) is 55.6 Å². The Balaban J connectivity index is 0.00000316. The van der Waals surface area contributed by atoms with Gasteiger partial charge in [-0.2, -0.15) is 0 Å². The fourth-order valence-corrected chi connectivity index (χ4v) is 3.82. The Morgan fingerprint density at radius 1 is 1.06 bits per heavy atom. The first-order valence-corrected chi connectivity index (χ1v) is 11.7. The molecule has 0 bridgehead atoms. The maximum Gasteiger partial charge on any atom is 0.255 e. The van der Waals surface area contributed by atoms with Gasteiger partial charge in [-0.15, -0.1) is 5.11 Å². The fourth-order valence-electron chi connectivity index (χ4n) is 3.60. The molecule has 1 aliphatic heterocycles. The van der Waals surface area contributed by atoms with Crippen molar-refractivity contribution < 1.29 is 29.3 Å². The number of halogens is 2. The summed E-state index contributed by atoms with van der Waals surface area (Å²) in [7, 11) is 27.9. The number of nitrogens with one attached hydrogen (secondary N) is 2. The highest BCUT2D eigenvalue weighted by atomic mass is 35.5. The van der Waals surface area contributed by atoms with Crippen LogP contribution in [0.1, 0.15) is 44.0 Å². The zero-order valence-electron chi connectivity index (χ0n) is 20.6. The second-order valence-electron chi connectivity index (χ2n) is 8.82. The summed E-state index contributed by atoms with van der Waals surface area (Å²) in [5.74, 6) is -5.68. The van der Waals surface area contributed by atoms with Crippen LogP contribution in [0.2, 0.25) is 10.1 Å². The molecule has 1 aliphatic rings. The van der Waals surface area contributed by atoms with Gasteiger partial charge in [0.2, 0.25) is 11.8 Å². The predicted molar refractivity (Wildman–Crippen MR) is 140 cm³/mol. The maximum absolute atomic E-state index is 13.5. The Morgan fingerprint density at radius 3 is 2.03 bits per heavy atom. The smallest absolute Gasteiger partial charge is 0.255 e. The molecule has 36 heavy (non-hydrogen) atoms. The average Bonchev–Trinajstić information content (AvgIpc) is 2.73. The van der Waals surface area contributed by atoms with Gasteiger partial charge in [-0.05, 0) is 51.1 Å². The highest BCUT2D eigenvalue weighted by Crippen LogP contribution is 2.35. The number of piperidine rings is 1. The van der Waals surface area contributed by atoms with E-state index in [1.54, 1.807) is 4.90 Å². The van der Waals surface area contributed by atoms with Crippen LogP contribution >= 0.6 is 11.6 Å². The Bertz CT molecular complexity index is 888. The van der Waals surface area contributed by atoms with Crippen molar-refractivity contribution in [3.8, 4) is 0 Å². The number of nitrogens with zero attached hydrogens (tertiary/aromatic N) is 1. The monoisotopic (exact) mass is 511 g/mol. The molecule has 186 valence electrons. The number of amides is 2. The normalized spacial score (nSPS) is 17.3. The minimum Gasteiger partial charge on any atom is -0.407 e. The summed E-state index contributed by atoms with van der Waals surface area (Å²) in [6, 6.07) is 3.11. The zero-order valence-corrected chi connectivity index (χ0v) is 21.3. The Morgan fingerprint density at radius 2 is 1.58 bits per heavy atom. The third kappa shape index (κ3) is 8.28. The van der Waals surface area contributed by atoms with Gasteiger partial charge in [0, 0.05) is 27.4 Å². The lowest BCUT2D eigenvalue weighted by Gasteiger charge is -2.53. The Hall–Kier alpha value is -1.46. The van der Waals surface area contributed by atoms with Crippen molar-refractivity contribution in [2.24, 2.45) is 5.92 Å². The number of carbonyl (C=O) groups is 2. The topological polar surface area (TPSA) is 122 Å². The van der Waals surface area contributed by atoms with E-state index < -0.39 is 45.5 Å². The Labute approximate surface area is 223 Å². The summed E-state index contributed by atoms with van der Waals surface area (Å²) in [5, 5.41) is 30.5. The molecule has 0 spiro atoms. The molecule has 2 amide bonds. The third-order valence-electron chi connectivity index (χ3n) is 6.00. The molecule has 2 rings (SSSR count). The summed E-state index contributed by atoms with van der Waals surface area (Å²) in [6.07, 6.45) is 0.377. The number of likely N-dealkylation sites (tertiary alicyclic amines) is 1. The lowest BCUT2D eigenvalue weighted by atomic mass is 9.29. The largest absolute Gasteiger partial charge is 0.407 e. The SMILES string of the molecule is CC.[B]C([B])([B])C(C)(NC(=O)CN1CCC(C(O)(O)NC(=O)c2cc(F)cc(Cl)c2)CC1)C([B])([B])O. The molecule has 0 aliphatic carbocycles. The van der Waals surface area contributed by atoms with Gasteiger partial charge in [0.1, 0.15) is 21.5 Å². The van der Waals surface area contributed by atoms with Crippen LogP contribution in [0, 0.1) is 11.7 Å². The van der Waals surface area contributed by atoms with Crippen LogP contribution in [0.4, 0.5) is 4.39 Å². The van der Waals surface area contributed by atoms with E-state index in [0.717, 1.165) is 12.1 Å². The molecule has 1 aromatic carbocycles. The number of carbonyl (C=O) groups excluding carboxylic acids is 2. The van der Waals surface area contributed by atoms with Crippen molar-refractivity contribution in [2.75, 3.05) is 19.6 Å². The standard InChI is InChI=1S/C19H22B5ClFN3O5.C2H6/c1-16(18(20,21)22,19(23,24)34)27-14(30)9-29-4-2-11(3-5-29)17(32,33)28-15(31)10-6-12(25)8-13(26)7-10;1-2/h6-8,11,32-34H,2-5,9H2,1H3,(H,27,30)(H,28,31);1-2H3. The zero-order chi connectivity index (χ0) is 28.1. The summed E-state index contributed by atoms with van der Waals surface area (Å²) in [4.78, 5) is 26.5. The van der Waals surface area contributed by atoms with Crippen LogP contribution in [-0.2, 0) is 4.79 Å². The predicted octanol–water partition coefficient (Wildman–Crippen LogP) is -0.977. The van der Waals surface area contributed by atoms with Gasteiger partial charge >= 0.3 is 0 Å². The molecule has 1 saturated heterocycles. The molecule has 1 unspecified atom stereocenters. The maximum atomic E-state index is 13.5. The van der Waals surface area contributed by atoms with Gasteiger partial charge in [-0.3, -0.25) is 14.5 Å². The molecular weight excluding hydrogens is 483 g/mol. The summed E-state index contributed by atoms with van der Waals surface area (Å²) >= 11 is 5.73. The van der Waals surface area contributed by atoms with Gasteiger partial charge in [0.05, 0.1) is 30.1 Å². The molecule has 1 atom stereocenters. The molecule has 10 radical (unpaired) electrons. The number of hydrogen-bond acceptors (Lipinski definition) is 6. The molecule has 1 heterocycles. The van der Waals surface area contributed by atoms with E-state index in [1.165, 1.54) is 13.0 Å². The second kappa shape index (κ2) is 12.4. The highest BCUT2D eigenvalue weighted by Gasteiger charge is 2.47. The highest BCUT2D eigenvalue weighted by molar-refractivity contribution is 6.61. The minimum absolute atomic E-state index is 0.0202. The van der Waals surface area contributed by atoms with Crippen LogP contribution < -0.4 is 10.6 Å². The Kier molecular flexibility index (Phi) is 11.2. The number of aliphatic hydroxyl groups is 3. The average molecular weight is 511 g/mol. The lowest BCUT2D eigenvalue weighted by molar-refractivity contribution is -0.222. The van der Waals surface area contributed by atoms with Gasteiger partial charge in [-0.1, -0.05) is 25.4 Å². The molecule has 1 aromatic rings. The first-order valence-electron chi connectivity index (χ1n) is 11.3. The second-order valence-corrected chi connectivity index (χ2v) is 9.26. The fraction of sp³-hybridized carbons (Fsp3) is 0.619. The van der Waals surface area contributed by atoms with Crippen molar-refractivity contribution in [1.29, 1.82) is 0 Å². The van der Waals surface area contributed by atoms with Crippen molar-refractivity contribution in [3.05, 3.63) is 34.6 Å².